The molecule has 0 unspecified atom stereocenters. The van der Waals surface area contributed by atoms with Gasteiger partial charge in [-0.2, -0.15) is 0 Å². The van der Waals surface area contributed by atoms with Crippen LogP contribution in [0.3, 0.4) is 0 Å². The molecule has 0 aliphatic carbocycles. The first-order valence-corrected chi connectivity index (χ1v) is 9.01. The minimum atomic E-state index is -0.608. The van der Waals surface area contributed by atoms with Crippen LogP contribution >= 0.6 is 0 Å². The summed E-state index contributed by atoms with van der Waals surface area (Å²) in [7, 11) is 0. The van der Waals surface area contributed by atoms with E-state index in [4.69, 9.17) is 14.2 Å². The normalized spacial score (nSPS) is 16.6. The minimum absolute atomic E-state index is 0.189. The van der Waals surface area contributed by atoms with Gasteiger partial charge in [0, 0.05) is 0 Å². The van der Waals surface area contributed by atoms with Gasteiger partial charge in [-0.25, -0.2) is 0 Å². The van der Waals surface area contributed by atoms with Gasteiger partial charge in [-0.15, -0.1) is 0 Å². The lowest BCUT2D eigenvalue weighted by molar-refractivity contribution is -0.127. The zero-order valence-corrected chi connectivity index (χ0v) is 15.1. The van der Waals surface area contributed by atoms with Crippen molar-refractivity contribution < 1.29 is 19.0 Å². The number of fused-ring (bicyclic) bond motifs is 2. The molecular weight excluding hydrogens is 342 g/mol. The lowest BCUT2D eigenvalue weighted by Crippen LogP contribution is -2.44. The molecule has 5 heteroatoms. The van der Waals surface area contributed by atoms with Crippen molar-refractivity contribution >= 4 is 16.7 Å². The van der Waals surface area contributed by atoms with Gasteiger partial charge in [0.05, 0.1) is 6.54 Å². The molecule has 3 aromatic carbocycles. The van der Waals surface area contributed by atoms with Gasteiger partial charge in [0.25, 0.3) is 5.91 Å². The van der Waals surface area contributed by atoms with Crippen LogP contribution in [0.1, 0.15) is 6.92 Å². The Bertz CT molecular complexity index is 956. The molecule has 0 aromatic heterocycles. The van der Waals surface area contributed by atoms with Crippen molar-refractivity contribution in [3.8, 4) is 17.2 Å². The molecule has 1 amide bonds. The second-order valence-electron chi connectivity index (χ2n) is 6.51. The average molecular weight is 363 g/mol. The molecule has 0 saturated heterocycles. The molecule has 1 aliphatic rings. The van der Waals surface area contributed by atoms with Crippen molar-refractivity contribution in [2.75, 3.05) is 13.2 Å². The molecule has 1 N–H and O–H groups in total. The highest BCUT2D eigenvalue weighted by atomic mass is 16.6. The highest BCUT2D eigenvalue weighted by molar-refractivity contribution is 5.84. The van der Waals surface area contributed by atoms with Crippen molar-refractivity contribution in [3.63, 3.8) is 0 Å². The SMILES string of the molecule is C[C@H](Oc1ccc2ccccc2c1)C(=O)NC[C@@H]1COc2ccccc2O1. The first kappa shape index (κ1) is 17.2. The fraction of sp³-hybridized carbons (Fsp3) is 0.227. The molecule has 1 aliphatic heterocycles. The van der Waals surface area contributed by atoms with Crippen LogP contribution in [-0.4, -0.2) is 31.3 Å². The first-order chi connectivity index (χ1) is 13.2. The number of carbonyl (C=O) groups is 1. The van der Waals surface area contributed by atoms with Crippen LogP contribution in [0, 0.1) is 0 Å². The third kappa shape index (κ3) is 3.97. The second kappa shape index (κ2) is 7.58. The summed E-state index contributed by atoms with van der Waals surface area (Å²) < 4.78 is 17.3. The predicted octanol–water partition coefficient (Wildman–Crippen LogP) is 3.56. The highest BCUT2D eigenvalue weighted by Crippen LogP contribution is 2.30. The van der Waals surface area contributed by atoms with Gasteiger partial charge in [0.2, 0.25) is 0 Å². The summed E-state index contributed by atoms with van der Waals surface area (Å²) in [6, 6.07) is 21.3. The number of nitrogens with one attached hydrogen (secondary N) is 1. The van der Waals surface area contributed by atoms with Crippen molar-refractivity contribution in [3.05, 3.63) is 66.7 Å². The summed E-state index contributed by atoms with van der Waals surface area (Å²) >= 11 is 0. The summed E-state index contributed by atoms with van der Waals surface area (Å²) in [5.41, 5.74) is 0. The van der Waals surface area contributed by atoms with E-state index in [1.165, 1.54) is 0 Å². The van der Waals surface area contributed by atoms with E-state index in [2.05, 4.69) is 5.32 Å². The molecule has 2 atom stereocenters. The number of ether oxygens (including phenoxy) is 3. The van der Waals surface area contributed by atoms with E-state index in [0.29, 0.717) is 24.7 Å². The Balaban J connectivity index is 1.31. The Labute approximate surface area is 157 Å². The van der Waals surface area contributed by atoms with Crippen LogP contribution in [0.5, 0.6) is 17.2 Å². The lowest BCUT2D eigenvalue weighted by Gasteiger charge is -2.27. The van der Waals surface area contributed by atoms with Crippen LogP contribution in [0.2, 0.25) is 0 Å². The van der Waals surface area contributed by atoms with E-state index in [9.17, 15) is 4.79 Å². The molecule has 138 valence electrons. The van der Waals surface area contributed by atoms with Gasteiger partial charge in [-0.3, -0.25) is 4.79 Å². The largest absolute Gasteiger partial charge is 0.486 e. The van der Waals surface area contributed by atoms with Crippen LogP contribution in [0.25, 0.3) is 10.8 Å². The van der Waals surface area contributed by atoms with E-state index in [1.807, 2.05) is 66.7 Å². The Morgan fingerprint density at radius 2 is 1.81 bits per heavy atom. The second-order valence-corrected chi connectivity index (χ2v) is 6.51. The number of hydrogen-bond donors (Lipinski definition) is 1. The van der Waals surface area contributed by atoms with Gasteiger partial charge in [-0.1, -0.05) is 42.5 Å². The molecule has 4 rings (SSSR count). The summed E-state index contributed by atoms with van der Waals surface area (Å²) in [4.78, 5) is 12.4. The van der Waals surface area contributed by atoms with Crippen molar-refractivity contribution in [2.24, 2.45) is 0 Å². The molecule has 0 spiro atoms. The maximum Gasteiger partial charge on any atom is 0.260 e. The summed E-state index contributed by atoms with van der Waals surface area (Å²) in [6.45, 7) is 2.49. The van der Waals surface area contributed by atoms with E-state index < -0.39 is 6.10 Å². The maximum absolute atomic E-state index is 12.4. The maximum atomic E-state index is 12.4. The molecule has 0 saturated carbocycles. The standard InChI is InChI=1S/C22H21NO4/c1-15(26-18-11-10-16-6-2-3-7-17(16)12-18)22(24)23-13-19-14-25-20-8-4-5-9-21(20)27-19/h2-12,15,19H,13-14H2,1H3,(H,23,24)/t15-,19+/m0/s1. The van der Waals surface area contributed by atoms with E-state index in [-0.39, 0.29) is 12.0 Å². The number of rotatable bonds is 5. The Morgan fingerprint density at radius 1 is 1.07 bits per heavy atom. The summed E-state index contributed by atoms with van der Waals surface area (Å²) in [5, 5.41) is 5.09. The monoisotopic (exact) mass is 363 g/mol. The fourth-order valence-electron chi connectivity index (χ4n) is 3.02. The van der Waals surface area contributed by atoms with Crippen LogP contribution in [0.15, 0.2) is 66.7 Å². The molecule has 0 fully saturated rings. The van der Waals surface area contributed by atoms with Gasteiger partial charge in [-0.05, 0) is 42.0 Å². The number of hydrogen-bond acceptors (Lipinski definition) is 4. The smallest absolute Gasteiger partial charge is 0.260 e. The van der Waals surface area contributed by atoms with E-state index in [0.717, 1.165) is 16.5 Å². The third-order valence-corrected chi connectivity index (χ3v) is 4.47. The molecule has 5 nitrogen and oxygen atoms in total. The zero-order chi connectivity index (χ0) is 18.6. The van der Waals surface area contributed by atoms with Gasteiger partial charge in [0.1, 0.15) is 18.5 Å². The number of carbonyl (C=O) groups excluding carboxylic acids is 1. The quantitative estimate of drug-likeness (QED) is 0.753. The number of para-hydroxylation sites is 2. The first-order valence-electron chi connectivity index (χ1n) is 9.01. The number of benzene rings is 3. The molecule has 27 heavy (non-hydrogen) atoms. The van der Waals surface area contributed by atoms with E-state index >= 15 is 0 Å². The van der Waals surface area contributed by atoms with Crippen LogP contribution < -0.4 is 19.5 Å². The van der Waals surface area contributed by atoms with Crippen LogP contribution in [0.4, 0.5) is 0 Å². The van der Waals surface area contributed by atoms with Crippen molar-refractivity contribution in [1.29, 1.82) is 0 Å². The molecule has 3 aromatic rings. The van der Waals surface area contributed by atoms with Gasteiger partial charge in [0.15, 0.2) is 17.6 Å². The summed E-state index contributed by atoms with van der Waals surface area (Å²) in [6.07, 6.45) is -0.834. The fourth-order valence-corrected chi connectivity index (χ4v) is 3.02. The molecule has 0 radical (unpaired) electrons. The van der Waals surface area contributed by atoms with Crippen LogP contribution in [-0.2, 0) is 4.79 Å². The summed E-state index contributed by atoms with van der Waals surface area (Å²) in [5.74, 6) is 1.91. The van der Waals surface area contributed by atoms with Crippen molar-refractivity contribution in [2.45, 2.75) is 19.1 Å². The van der Waals surface area contributed by atoms with Gasteiger partial charge >= 0.3 is 0 Å². The molecule has 1 heterocycles. The predicted molar refractivity (Wildman–Crippen MR) is 103 cm³/mol. The minimum Gasteiger partial charge on any atom is -0.486 e. The van der Waals surface area contributed by atoms with Gasteiger partial charge < -0.3 is 19.5 Å². The van der Waals surface area contributed by atoms with Crippen molar-refractivity contribution in [1.82, 2.24) is 5.32 Å². The van der Waals surface area contributed by atoms with E-state index in [1.54, 1.807) is 6.92 Å². The third-order valence-electron chi connectivity index (χ3n) is 4.47. The average Bonchev–Trinajstić information content (AvgIpc) is 2.71. The lowest BCUT2D eigenvalue weighted by atomic mass is 10.1. The topological polar surface area (TPSA) is 56.8 Å². The highest BCUT2D eigenvalue weighted by Gasteiger charge is 2.22. The molecular formula is C22H21NO4. The molecule has 0 bridgehead atoms. The zero-order valence-electron chi connectivity index (χ0n) is 15.1. The number of amides is 1. The Kier molecular flexibility index (Phi) is 4.83. The Morgan fingerprint density at radius 3 is 2.67 bits per heavy atom. The Hall–Kier alpha value is -3.21.